The van der Waals surface area contributed by atoms with Gasteiger partial charge in [-0.15, -0.1) is 0 Å². The number of para-hydroxylation sites is 6. The van der Waals surface area contributed by atoms with E-state index in [9.17, 15) is 0 Å². The summed E-state index contributed by atoms with van der Waals surface area (Å²) in [7, 11) is 0. The van der Waals surface area contributed by atoms with Gasteiger partial charge in [-0.25, -0.2) is 19.9 Å². The molecule has 0 bridgehead atoms. The molecule has 274 valence electrons. The molecule has 13 rings (SSSR count). The van der Waals surface area contributed by atoms with E-state index < -0.39 is 5.41 Å². The molecule has 6 nitrogen and oxygen atoms in total. The monoisotopic (exact) mass is 752 g/mol. The summed E-state index contributed by atoms with van der Waals surface area (Å²) in [5.41, 5.74) is 18.1. The SMILES string of the molecule is c1ccc2c(c1)-c1ccccc1C2(c1ccc(-n2c3ccccc3c3nc4ccccc4nc32)cc1)c1ccc(-n2c3ccccc3c3nc4ccccc4nc32)cc1. The summed E-state index contributed by atoms with van der Waals surface area (Å²) < 4.78 is 4.51. The molecule has 0 saturated heterocycles. The van der Waals surface area contributed by atoms with Gasteiger partial charge in [0.15, 0.2) is 11.3 Å². The Kier molecular flexibility index (Phi) is 6.55. The van der Waals surface area contributed by atoms with Crippen molar-refractivity contribution >= 4 is 66.2 Å². The zero-order chi connectivity index (χ0) is 38.7. The topological polar surface area (TPSA) is 61.4 Å². The Morgan fingerprint density at radius 2 is 0.678 bits per heavy atom. The first-order valence-electron chi connectivity index (χ1n) is 20.0. The highest BCUT2D eigenvalue weighted by Crippen LogP contribution is 2.56. The molecule has 8 aromatic carbocycles. The van der Waals surface area contributed by atoms with Crippen LogP contribution in [0.15, 0.2) is 194 Å². The van der Waals surface area contributed by atoms with Gasteiger partial charge in [-0.2, -0.15) is 0 Å². The molecule has 4 heterocycles. The van der Waals surface area contributed by atoms with Gasteiger partial charge in [0.1, 0.15) is 11.0 Å². The lowest BCUT2D eigenvalue weighted by atomic mass is 9.67. The predicted molar refractivity (Wildman–Crippen MR) is 239 cm³/mol. The standard InChI is InChI=1S/C53H32N6/c1-5-17-41-37(13-1)38-14-2-6-18-42(38)53(41,33-25-29-35(30-26-33)58-47-23-11-3-15-39(47)49-51(58)56-45-21-9-7-19-43(45)54-49)34-27-31-36(32-28-34)59-48-24-12-4-16-40(48)50-52(59)57-46-22-10-8-20-44(46)55-50/h1-32H. The fourth-order valence-corrected chi connectivity index (χ4v) is 9.89. The Bertz CT molecular complexity index is 3430. The van der Waals surface area contributed by atoms with E-state index in [1.165, 1.54) is 33.4 Å². The second kappa shape index (κ2) is 12.0. The van der Waals surface area contributed by atoms with E-state index >= 15 is 0 Å². The van der Waals surface area contributed by atoms with Crippen molar-refractivity contribution in [2.24, 2.45) is 0 Å². The Morgan fingerprint density at radius 1 is 0.322 bits per heavy atom. The molecule has 0 unspecified atom stereocenters. The predicted octanol–water partition coefficient (Wildman–Crippen LogP) is 12.1. The van der Waals surface area contributed by atoms with Gasteiger partial charge in [0.05, 0.1) is 38.5 Å². The zero-order valence-electron chi connectivity index (χ0n) is 31.7. The molecule has 12 aromatic rings. The van der Waals surface area contributed by atoms with Gasteiger partial charge in [-0.1, -0.05) is 133 Å². The average molecular weight is 753 g/mol. The van der Waals surface area contributed by atoms with Crippen molar-refractivity contribution in [3.05, 3.63) is 216 Å². The first-order valence-corrected chi connectivity index (χ1v) is 20.0. The second-order valence-electron chi connectivity index (χ2n) is 15.4. The maximum atomic E-state index is 5.18. The smallest absolute Gasteiger partial charge is 0.165 e. The van der Waals surface area contributed by atoms with Crippen molar-refractivity contribution in [1.29, 1.82) is 0 Å². The molecule has 0 N–H and O–H groups in total. The van der Waals surface area contributed by atoms with Crippen LogP contribution in [0.5, 0.6) is 0 Å². The first kappa shape index (κ1) is 32.2. The summed E-state index contributed by atoms with van der Waals surface area (Å²) >= 11 is 0. The molecule has 0 amide bonds. The van der Waals surface area contributed by atoms with Gasteiger partial charge < -0.3 is 0 Å². The average Bonchev–Trinajstić information content (AvgIpc) is 3.91. The number of aromatic nitrogens is 6. The number of fused-ring (bicyclic) bond motifs is 11. The molecular weight excluding hydrogens is 721 g/mol. The third-order valence-corrected chi connectivity index (χ3v) is 12.4. The summed E-state index contributed by atoms with van der Waals surface area (Å²) in [4.78, 5) is 20.6. The minimum absolute atomic E-state index is 0.572. The molecular formula is C53H32N6. The van der Waals surface area contributed by atoms with Crippen LogP contribution in [0.3, 0.4) is 0 Å². The largest absolute Gasteiger partial charge is 0.293 e. The van der Waals surface area contributed by atoms with E-state index in [0.29, 0.717) is 0 Å². The van der Waals surface area contributed by atoms with E-state index in [1.807, 2.05) is 48.5 Å². The van der Waals surface area contributed by atoms with Crippen LogP contribution >= 0.6 is 0 Å². The van der Waals surface area contributed by atoms with Gasteiger partial charge in [-0.05, 0) is 94.0 Å². The fraction of sp³-hybridized carbons (Fsp3) is 0.0189. The lowest BCUT2D eigenvalue weighted by Crippen LogP contribution is -2.28. The van der Waals surface area contributed by atoms with Gasteiger partial charge in [0.2, 0.25) is 0 Å². The van der Waals surface area contributed by atoms with Crippen LogP contribution in [-0.2, 0) is 5.41 Å². The molecule has 0 radical (unpaired) electrons. The number of rotatable bonds is 4. The highest BCUT2D eigenvalue weighted by Gasteiger charge is 2.46. The van der Waals surface area contributed by atoms with Crippen molar-refractivity contribution in [3.8, 4) is 22.5 Å². The Labute approximate surface area is 338 Å². The van der Waals surface area contributed by atoms with Crippen molar-refractivity contribution in [3.63, 3.8) is 0 Å². The minimum atomic E-state index is -0.572. The number of nitrogens with zero attached hydrogens (tertiary/aromatic N) is 6. The minimum Gasteiger partial charge on any atom is -0.293 e. The van der Waals surface area contributed by atoms with Crippen molar-refractivity contribution in [2.45, 2.75) is 5.41 Å². The van der Waals surface area contributed by atoms with Crippen LogP contribution in [-0.4, -0.2) is 29.1 Å². The fourth-order valence-electron chi connectivity index (χ4n) is 9.89. The summed E-state index contributed by atoms with van der Waals surface area (Å²) in [6.45, 7) is 0. The first-order chi connectivity index (χ1) is 29.3. The molecule has 1 aliphatic carbocycles. The molecule has 0 atom stereocenters. The van der Waals surface area contributed by atoms with E-state index in [-0.39, 0.29) is 0 Å². The van der Waals surface area contributed by atoms with Crippen molar-refractivity contribution < 1.29 is 0 Å². The maximum Gasteiger partial charge on any atom is 0.165 e. The van der Waals surface area contributed by atoms with Crippen LogP contribution in [0.25, 0.3) is 88.7 Å². The molecule has 0 saturated carbocycles. The molecule has 0 fully saturated rings. The molecule has 0 spiro atoms. The summed E-state index contributed by atoms with van der Waals surface area (Å²) in [5, 5.41) is 2.17. The van der Waals surface area contributed by atoms with Crippen molar-refractivity contribution in [1.82, 2.24) is 29.1 Å². The second-order valence-corrected chi connectivity index (χ2v) is 15.4. The van der Waals surface area contributed by atoms with Crippen LogP contribution in [0.1, 0.15) is 22.3 Å². The molecule has 59 heavy (non-hydrogen) atoms. The highest BCUT2D eigenvalue weighted by molar-refractivity contribution is 6.09. The number of hydrogen-bond donors (Lipinski definition) is 0. The van der Waals surface area contributed by atoms with E-state index in [1.54, 1.807) is 0 Å². The van der Waals surface area contributed by atoms with Gasteiger partial charge >= 0.3 is 0 Å². The van der Waals surface area contributed by atoms with Gasteiger partial charge in [0, 0.05) is 22.1 Å². The molecule has 6 heteroatoms. The molecule has 4 aromatic heterocycles. The van der Waals surface area contributed by atoms with Crippen molar-refractivity contribution in [2.75, 3.05) is 0 Å². The summed E-state index contributed by atoms with van der Waals surface area (Å²) in [6.07, 6.45) is 0. The van der Waals surface area contributed by atoms with Crippen LogP contribution in [0.2, 0.25) is 0 Å². The highest BCUT2D eigenvalue weighted by atomic mass is 15.1. The van der Waals surface area contributed by atoms with E-state index in [0.717, 1.165) is 77.6 Å². The van der Waals surface area contributed by atoms with E-state index in [2.05, 4.69) is 155 Å². The lowest BCUT2D eigenvalue weighted by molar-refractivity contribution is 0.767. The van der Waals surface area contributed by atoms with E-state index in [4.69, 9.17) is 19.9 Å². The number of hydrogen-bond acceptors (Lipinski definition) is 4. The summed E-state index contributed by atoms with van der Waals surface area (Å²) in [5.74, 6) is 0. The zero-order valence-corrected chi connectivity index (χ0v) is 31.7. The molecule has 0 aliphatic heterocycles. The van der Waals surface area contributed by atoms with Crippen LogP contribution in [0, 0.1) is 0 Å². The maximum absolute atomic E-state index is 5.18. The Balaban J connectivity index is 1.02. The van der Waals surface area contributed by atoms with Gasteiger partial charge in [0.25, 0.3) is 0 Å². The third kappa shape index (κ3) is 4.40. The lowest BCUT2D eigenvalue weighted by Gasteiger charge is -2.34. The third-order valence-electron chi connectivity index (χ3n) is 12.4. The normalized spacial score (nSPS) is 13.2. The summed E-state index contributed by atoms with van der Waals surface area (Å²) in [6, 6.07) is 69.2. The Morgan fingerprint density at radius 3 is 1.12 bits per heavy atom. The Hall–Kier alpha value is -7.96. The quantitative estimate of drug-likeness (QED) is 0.180. The van der Waals surface area contributed by atoms with Crippen LogP contribution in [0.4, 0.5) is 0 Å². The molecule has 1 aliphatic rings. The van der Waals surface area contributed by atoms with Crippen LogP contribution < -0.4 is 0 Å². The number of benzene rings is 8. The van der Waals surface area contributed by atoms with Gasteiger partial charge in [-0.3, -0.25) is 9.13 Å².